The number of nitrogens with one attached hydrogen (secondary N) is 1. The summed E-state index contributed by atoms with van der Waals surface area (Å²) in [6.07, 6.45) is 0. The molecule has 2 heteroatoms. The van der Waals surface area contributed by atoms with Crippen LogP contribution >= 0.6 is 0 Å². The summed E-state index contributed by atoms with van der Waals surface area (Å²) in [6.45, 7) is 6.44. The van der Waals surface area contributed by atoms with Crippen molar-refractivity contribution in [3.8, 4) is 0 Å². The highest BCUT2D eigenvalue weighted by molar-refractivity contribution is 5.91. The van der Waals surface area contributed by atoms with Crippen molar-refractivity contribution in [2.75, 3.05) is 12.4 Å². The first-order chi connectivity index (χ1) is 7.61. The maximum Gasteiger partial charge on any atom is 0.0726 e. The van der Waals surface area contributed by atoms with Gasteiger partial charge in [-0.25, -0.2) is 0 Å². The third-order valence-corrected chi connectivity index (χ3v) is 2.84. The first-order valence-electron chi connectivity index (χ1n) is 5.71. The summed E-state index contributed by atoms with van der Waals surface area (Å²) in [5.41, 5.74) is 4.64. The Morgan fingerprint density at radius 1 is 1.19 bits per heavy atom. The van der Waals surface area contributed by atoms with Gasteiger partial charge in [-0.1, -0.05) is 25.5 Å². The Balaban J connectivity index is 2.73. The van der Waals surface area contributed by atoms with E-state index in [0.29, 0.717) is 5.92 Å². The number of rotatable bonds is 2. The second-order valence-corrected chi connectivity index (χ2v) is 4.52. The number of pyridine rings is 1. The lowest BCUT2D eigenvalue weighted by Gasteiger charge is -2.11. The van der Waals surface area contributed by atoms with Crippen molar-refractivity contribution in [1.29, 1.82) is 0 Å². The molecular formula is C14H18N2. The van der Waals surface area contributed by atoms with Gasteiger partial charge in [0.15, 0.2) is 0 Å². The number of aromatic nitrogens is 1. The number of aryl methyl sites for hydroxylation is 1. The molecule has 2 nitrogen and oxygen atoms in total. The smallest absolute Gasteiger partial charge is 0.0726 e. The van der Waals surface area contributed by atoms with Crippen LogP contribution < -0.4 is 5.32 Å². The van der Waals surface area contributed by atoms with Crippen molar-refractivity contribution >= 4 is 16.6 Å². The van der Waals surface area contributed by atoms with Crippen LogP contribution in [-0.4, -0.2) is 12.0 Å². The van der Waals surface area contributed by atoms with Crippen LogP contribution in [0.2, 0.25) is 0 Å². The zero-order valence-electron chi connectivity index (χ0n) is 10.3. The van der Waals surface area contributed by atoms with E-state index < -0.39 is 0 Å². The van der Waals surface area contributed by atoms with Gasteiger partial charge in [-0.15, -0.1) is 0 Å². The van der Waals surface area contributed by atoms with Crippen molar-refractivity contribution in [2.45, 2.75) is 26.7 Å². The Labute approximate surface area is 96.7 Å². The van der Waals surface area contributed by atoms with E-state index in [4.69, 9.17) is 0 Å². The molecular weight excluding hydrogens is 196 g/mol. The van der Waals surface area contributed by atoms with Gasteiger partial charge in [-0.05, 0) is 31.0 Å². The maximum absolute atomic E-state index is 4.68. The van der Waals surface area contributed by atoms with Crippen LogP contribution in [0.5, 0.6) is 0 Å². The van der Waals surface area contributed by atoms with Crippen LogP contribution in [0.4, 0.5) is 5.69 Å². The summed E-state index contributed by atoms with van der Waals surface area (Å²) in [6, 6.07) is 8.53. The summed E-state index contributed by atoms with van der Waals surface area (Å²) < 4.78 is 0. The van der Waals surface area contributed by atoms with Gasteiger partial charge >= 0.3 is 0 Å². The highest BCUT2D eigenvalue weighted by Gasteiger charge is 2.07. The van der Waals surface area contributed by atoms with Gasteiger partial charge in [-0.2, -0.15) is 0 Å². The van der Waals surface area contributed by atoms with E-state index in [9.17, 15) is 0 Å². The van der Waals surface area contributed by atoms with E-state index in [0.717, 1.165) is 16.9 Å². The molecule has 0 unspecified atom stereocenters. The Morgan fingerprint density at radius 3 is 2.56 bits per heavy atom. The standard InChI is InChI=1S/C14H18N2/c1-9(2)13-8-14(15-4)11-7-10(3)5-6-12(11)16-13/h5-9H,1-4H3,(H,15,16). The SMILES string of the molecule is CNc1cc(C(C)C)nc2ccc(C)cc12. The van der Waals surface area contributed by atoms with Gasteiger partial charge in [0.05, 0.1) is 5.52 Å². The fourth-order valence-electron chi connectivity index (χ4n) is 1.86. The van der Waals surface area contributed by atoms with E-state index in [-0.39, 0.29) is 0 Å². The lowest BCUT2D eigenvalue weighted by molar-refractivity contribution is 0.830. The molecule has 1 heterocycles. The summed E-state index contributed by atoms with van der Waals surface area (Å²) in [7, 11) is 1.96. The molecule has 84 valence electrons. The van der Waals surface area contributed by atoms with E-state index >= 15 is 0 Å². The van der Waals surface area contributed by atoms with Crippen molar-refractivity contribution in [1.82, 2.24) is 4.98 Å². The fraction of sp³-hybridized carbons (Fsp3) is 0.357. The predicted octanol–water partition coefficient (Wildman–Crippen LogP) is 3.71. The van der Waals surface area contributed by atoms with Crippen molar-refractivity contribution in [3.63, 3.8) is 0 Å². The number of nitrogens with zero attached hydrogens (tertiary/aromatic N) is 1. The molecule has 0 atom stereocenters. The molecule has 0 aliphatic carbocycles. The summed E-state index contributed by atoms with van der Waals surface area (Å²) in [4.78, 5) is 4.68. The molecule has 1 N–H and O–H groups in total. The minimum absolute atomic E-state index is 0.456. The average Bonchev–Trinajstić information content (AvgIpc) is 2.27. The van der Waals surface area contributed by atoms with Crippen molar-refractivity contribution in [2.24, 2.45) is 0 Å². The largest absolute Gasteiger partial charge is 0.388 e. The van der Waals surface area contributed by atoms with Crippen LogP contribution in [0.25, 0.3) is 10.9 Å². The Hall–Kier alpha value is -1.57. The Morgan fingerprint density at radius 2 is 1.94 bits per heavy atom. The molecule has 2 aromatic rings. The second-order valence-electron chi connectivity index (χ2n) is 4.52. The van der Waals surface area contributed by atoms with Crippen molar-refractivity contribution < 1.29 is 0 Å². The lowest BCUT2D eigenvalue weighted by Crippen LogP contribution is -1.98. The van der Waals surface area contributed by atoms with Crippen LogP contribution in [-0.2, 0) is 0 Å². The maximum atomic E-state index is 4.68. The zero-order chi connectivity index (χ0) is 11.7. The molecule has 1 aromatic heterocycles. The van der Waals surface area contributed by atoms with Gasteiger partial charge in [0.25, 0.3) is 0 Å². The molecule has 0 bridgehead atoms. The third-order valence-electron chi connectivity index (χ3n) is 2.84. The molecule has 0 saturated heterocycles. The average molecular weight is 214 g/mol. The minimum atomic E-state index is 0.456. The number of hydrogen-bond acceptors (Lipinski definition) is 2. The van der Waals surface area contributed by atoms with E-state index in [1.165, 1.54) is 10.9 Å². The van der Waals surface area contributed by atoms with Gasteiger partial charge in [0, 0.05) is 23.8 Å². The summed E-state index contributed by atoms with van der Waals surface area (Å²) >= 11 is 0. The van der Waals surface area contributed by atoms with E-state index in [1.807, 2.05) is 7.05 Å². The predicted molar refractivity (Wildman–Crippen MR) is 70.1 cm³/mol. The topological polar surface area (TPSA) is 24.9 Å². The van der Waals surface area contributed by atoms with E-state index in [1.54, 1.807) is 0 Å². The Bertz CT molecular complexity index is 515. The minimum Gasteiger partial charge on any atom is -0.388 e. The molecule has 0 spiro atoms. The molecule has 0 aliphatic rings. The molecule has 0 radical (unpaired) electrons. The number of hydrogen-bond donors (Lipinski definition) is 1. The van der Waals surface area contributed by atoms with Gasteiger partial charge in [0.1, 0.15) is 0 Å². The van der Waals surface area contributed by atoms with Gasteiger partial charge in [0.2, 0.25) is 0 Å². The first-order valence-corrected chi connectivity index (χ1v) is 5.71. The van der Waals surface area contributed by atoms with Gasteiger partial charge in [-0.3, -0.25) is 4.98 Å². The third kappa shape index (κ3) is 1.87. The number of anilines is 1. The van der Waals surface area contributed by atoms with Crippen LogP contribution in [0.15, 0.2) is 24.3 Å². The van der Waals surface area contributed by atoms with Crippen LogP contribution in [0, 0.1) is 6.92 Å². The molecule has 0 amide bonds. The quantitative estimate of drug-likeness (QED) is 0.824. The highest BCUT2D eigenvalue weighted by Crippen LogP contribution is 2.26. The lowest BCUT2D eigenvalue weighted by atomic mass is 10.0. The number of fused-ring (bicyclic) bond motifs is 1. The highest BCUT2D eigenvalue weighted by atomic mass is 14.8. The molecule has 0 saturated carbocycles. The monoisotopic (exact) mass is 214 g/mol. The van der Waals surface area contributed by atoms with Crippen LogP contribution in [0.1, 0.15) is 31.0 Å². The van der Waals surface area contributed by atoms with Crippen molar-refractivity contribution in [3.05, 3.63) is 35.5 Å². The Kier molecular flexibility index (Phi) is 2.82. The summed E-state index contributed by atoms with van der Waals surface area (Å²) in [5, 5.41) is 4.45. The molecule has 1 aromatic carbocycles. The fourth-order valence-corrected chi connectivity index (χ4v) is 1.86. The van der Waals surface area contributed by atoms with E-state index in [2.05, 4.69) is 55.3 Å². The van der Waals surface area contributed by atoms with Crippen LogP contribution in [0.3, 0.4) is 0 Å². The normalized spacial score (nSPS) is 11.1. The molecule has 0 fully saturated rings. The molecule has 0 aliphatic heterocycles. The first kappa shape index (κ1) is 10.9. The zero-order valence-corrected chi connectivity index (χ0v) is 10.3. The molecule has 16 heavy (non-hydrogen) atoms. The molecule has 2 rings (SSSR count). The number of benzene rings is 1. The second kappa shape index (κ2) is 4.12. The van der Waals surface area contributed by atoms with Gasteiger partial charge < -0.3 is 5.32 Å². The summed E-state index contributed by atoms with van der Waals surface area (Å²) in [5.74, 6) is 0.456.